The van der Waals surface area contributed by atoms with Gasteiger partial charge in [-0.2, -0.15) is 0 Å². The molecule has 0 unspecified atom stereocenters. The van der Waals surface area contributed by atoms with E-state index in [2.05, 4.69) is 36.4 Å². The van der Waals surface area contributed by atoms with Gasteiger partial charge in [-0.3, -0.25) is 0 Å². The third-order valence-corrected chi connectivity index (χ3v) is 16.4. The molecule has 0 N–H and O–H groups in total. The van der Waals surface area contributed by atoms with E-state index in [0.29, 0.717) is 5.30 Å². The first kappa shape index (κ1) is 34.2. The van der Waals surface area contributed by atoms with Gasteiger partial charge in [0.2, 0.25) is 0 Å². The van der Waals surface area contributed by atoms with E-state index in [-0.39, 0.29) is 41.0 Å². The van der Waals surface area contributed by atoms with Crippen LogP contribution in [0.1, 0.15) is 0 Å². The van der Waals surface area contributed by atoms with E-state index in [0.717, 1.165) is 26.5 Å². The van der Waals surface area contributed by atoms with Crippen LogP contribution in [0, 0.1) is 0 Å². The molecule has 0 saturated carbocycles. The molecule has 5 nitrogen and oxygen atoms in total. The van der Waals surface area contributed by atoms with Crippen LogP contribution in [-0.4, -0.2) is 23.8 Å². The summed E-state index contributed by atoms with van der Waals surface area (Å²) in [7, 11) is -6.41. The summed E-state index contributed by atoms with van der Waals surface area (Å²) in [5.41, 5.74) is 0. The van der Waals surface area contributed by atoms with Crippen LogP contribution in [0.5, 0.6) is 0 Å². The quantitative estimate of drug-likeness (QED) is 0.180. The zero-order valence-corrected chi connectivity index (χ0v) is 29.5. The minimum Gasteiger partial charge on any atom is -0.233 e. The first-order valence-corrected chi connectivity index (χ1v) is 18.2. The van der Waals surface area contributed by atoms with Crippen molar-refractivity contribution in [2.75, 3.05) is 0 Å². The summed E-state index contributed by atoms with van der Waals surface area (Å²) >= 11 is 0. The molecular weight excluding hydrogens is 813 g/mol. The Labute approximate surface area is 290 Å². The zero-order chi connectivity index (χ0) is 32.7. The molecule has 0 amide bonds. The van der Waals surface area contributed by atoms with E-state index < -0.39 is 14.1 Å². The maximum atomic E-state index is 13.0. The van der Waals surface area contributed by atoms with Gasteiger partial charge in [0.25, 0.3) is 0 Å². The summed E-state index contributed by atoms with van der Waals surface area (Å²) < 4.78 is 6.16. The number of hydrogen-bond donors (Lipinski definition) is 0. The fourth-order valence-electron chi connectivity index (χ4n) is 5.92. The van der Waals surface area contributed by atoms with E-state index in [4.69, 9.17) is 4.17 Å². The van der Waals surface area contributed by atoms with Crippen LogP contribution in [0.25, 0.3) is 0 Å². The Bertz CT molecular complexity index is 2430. The van der Waals surface area contributed by atoms with Crippen molar-refractivity contribution < 1.29 is 39.3 Å². The van der Waals surface area contributed by atoms with Gasteiger partial charge in [-0.05, 0) is 66.7 Å². The van der Waals surface area contributed by atoms with E-state index >= 15 is 0 Å². The molecule has 0 bridgehead atoms. The summed E-state index contributed by atoms with van der Waals surface area (Å²) in [6.45, 7) is 0. The average molecular weight is 839 g/mol. The first-order chi connectivity index (χ1) is 23.1. The Morgan fingerprint density at radius 1 is 0.375 bits per heavy atom. The summed E-state index contributed by atoms with van der Waals surface area (Å²) in [6.07, 6.45) is 0. The molecule has 0 atom stereocenters. The smallest absolute Gasteiger partial charge is 0.233 e. The summed E-state index contributed by atoms with van der Waals surface area (Å²) in [5.74, 6) is 7.16. The Morgan fingerprint density at radius 2 is 0.688 bits per heavy atom. The van der Waals surface area contributed by atoms with Crippen molar-refractivity contribution in [1.29, 1.82) is 0 Å². The van der Waals surface area contributed by atoms with Crippen molar-refractivity contribution in [1.82, 2.24) is 4.17 Å². The predicted octanol–water partition coefficient (Wildman–Crippen LogP) is 0.419. The first-order valence-electron chi connectivity index (χ1n) is 14.7. The molecular formula is C40H26IrNO4P2+4. The second kappa shape index (κ2) is 15.2. The van der Waals surface area contributed by atoms with Gasteiger partial charge in [0.15, 0.2) is 0 Å². The van der Waals surface area contributed by atoms with Gasteiger partial charge in [-0.1, -0.05) is 91.0 Å². The molecule has 0 radical (unpaired) electrons. The van der Waals surface area contributed by atoms with Crippen LogP contribution in [0.2, 0.25) is 0 Å². The minimum atomic E-state index is -3.41. The maximum absolute atomic E-state index is 13.0. The molecule has 0 fully saturated rings. The molecule has 0 aliphatic carbocycles. The van der Waals surface area contributed by atoms with Gasteiger partial charge in [0.1, 0.15) is 23.8 Å². The number of benzene rings is 6. The molecule has 6 rings (SSSR count). The molecule has 0 spiro atoms. The standard InChI is InChI=1S/C40H26NO4P2.Ir/c42-27-31-26-40(39(30-45)38(29-44)37(31)28-43)47(35-22-12-4-13-23-35,36-24-14-5-15-25-36)41-46(32-16-6-1-7-17-32,33-18-8-2-9-19-33)34-20-10-3-11-21-34;/h1-26H;/q+1;+3. The van der Waals surface area contributed by atoms with Crippen LogP contribution in [0.15, 0.2) is 158 Å². The van der Waals surface area contributed by atoms with Crippen molar-refractivity contribution in [3.05, 3.63) is 179 Å². The monoisotopic (exact) mass is 839 g/mol. The van der Waals surface area contributed by atoms with Crippen LogP contribution in [0.3, 0.4) is 0 Å². The van der Waals surface area contributed by atoms with Crippen molar-refractivity contribution >= 4 is 69.7 Å². The molecule has 0 aromatic heterocycles. The van der Waals surface area contributed by atoms with E-state index in [9.17, 15) is 19.2 Å². The molecule has 230 valence electrons. The third kappa shape index (κ3) is 5.90. The van der Waals surface area contributed by atoms with Gasteiger partial charge in [0.05, 0.1) is 52.7 Å². The van der Waals surface area contributed by atoms with Crippen LogP contribution < -0.4 is 56.9 Å². The topological polar surface area (TPSA) is 82.4 Å². The maximum Gasteiger partial charge on any atom is 3.00 e. The van der Waals surface area contributed by atoms with Crippen LogP contribution >= 0.6 is 14.1 Å². The van der Waals surface area contributed by atoms with Gasteiger partial charge < -0.3 is 0 Å². The molecule has 8 heteroatoms. The normalized spacial score (nSPS) is 10.7. The Balaban J connectivity index is 0.00000451. The number of rotatable bonds is 6. The summed E-state index contributed by atoms with van der Waals surface area (Å²) in [5, 5.41) is 3.57. The van der Waals surface area contributed by atoms with E-state index in [1.807, 2.05) is 127 Å². The van der Waals surface area contributed by atoms with Gasteiger partial charge in [-0.15, -0.1) is 4.17 Å². The number of hydrogen-bond acceptors (Lipinski definition) is 4. The van der Waals surface area contributed by atoms with Crippen LogP contribution in [0.4, 0.5) is 0 Å². The fraction of sp³-hybridized carbons (Fsp3) is 0. The molecule has 0 aliphatic rings. The van der Waals surface area contributed by atoms with Crippen LogP contribution in [-0.2, 0) is 39.3 Å². The SMILES string of the molecule is O=C=c1cc(P(=[N+]=P(c2ccccc2)(c2ccccc2)c2ccccc2)(c2ccccc2)c2ccccc2)c(=C=O)c(=C=O)c1=C=O.[Ir+3]. The third-order valence-electron chi connectivity index (χ3n) is 7.99. The second-order valence-corrected chi connectivity index (χ2v) is 16.8. The second-order valence-electron chi connectivity index (χ2n) is 10.5. The average Bonchev–Trinajstić information content (AvgIpc) is 3.16. The van der Waals surface area contributed by atoms with E-state index in [1.165, 1.54) is 6.07 Å². The molecule has 0 saturated heterocycles. The molecule has 0 aliphatic heterocycles. The minimum absolute atomic E-state index is 0. The van der Waals surface area contributed by atoms with Crippen molar-refractivity contribution in [2.24, 2.45) is 0 Å². The van der Waals surface area contributed by atoms with Gasteiger partial charge in [-0.25, -0.2) is 19.2 Å². The van der Waals surface area contributed by atoms with Crippen molar-refractivity contribution in [2.45, 2.75) is 0 Å². The molecule has 6 aromatic carbocycles. The predicted molar refractivity (Wildman–Crippen MR) is 190 cm³/mol. The molecule has 48 heavy (non-hydrogen) atoms. The van der Waals surface area contributed by atoms with Gasteiger partial charge >= 0.3 is 34.2 Å². The number of nitrogens with zero attached hydrogens (tertiary/aromatic N) is 1. The molecule has 6 aromatic rings. The van der Waals surface area contributed by atoms with Gasteiger partial charge in [0, 0.05) is 0 Å². The van der Waals surface area contributed by atoms with E-state index in [1.54, 1.807) is 11.9 Å². The summed E-state index contributed by atoms with van der Waals surface area (Å²) in [6, 6.07) is 50.8. The molecule has 0 heterocycles. The Hall–Kier alpha value is -5.14. The Morgan fingerprint density at radius 3 is 0.979 bits per heavy atom. The summed E-state index contributed by atoms with van der Waals surface area (Å²) in [4.78, 5) is 50.0. The zero-order valence-electron chi connectivity index (χ0n) is 25.3. The van der Waals surface area contributed by atoms with Crippen molar-refractivity contribution in [3.8, 4) is 0 Å². The fourth-order valence-corrected chi connectivity index (χ4v) is 15.5. The Kier molecular flexibility index (Phi) is 10.8. The van der Waals surface area contributed by atoms with Crippen molar-refractivity contribution in [3.63, 3.8) is 0 Å². The largest absolute Gasteiger partial charge is 3.00 e. The number of carbonyl (C=O) groups excluding carboxylic acids is 4.